The zero-order valence-corrected chi connectivity index (χ0v) is 16.5. The van der Waals surface area contributed by atoms with Crippen LogP contribution < -0.4 is 5.32 Å². The number of hydrogen-bond donors (Lipinski definition) is 1. The maximum Gasteiger partial charge on any atom is 0.312 e. The van der Waals surface area contributed by atoms with Gasteiger partial charge in [-0.3, -0.25) is 9.59 Å². The molecule has 1 amide bonds. The van der Waals surface area contributed by atoms with E-state index in [-0.39, 0.29) is 30.4 Å². The predicted molar refractivity (Wildman–Crippen MR) is 107 cm³/mol. The molecule has 4 heteroatoms. The Morgan fingerprint density at radius 3 is 2.41 bits per heavy atom. The van der Waals surface area contributed by atoms with E-state index in [0.717, 1.165) is 42.0 Å². The molecule has 144 valence electrons. The van der Waals surface area contributed by atoms with E-state index in [9.17, 15) is 9.59 Å². The summed E-state index contributed by atoms with van der Waals surface area (Å²) in [5.41, 5.74) is 0.0117. The molecule has 0 radical (unpaired) electrons. The van der Waals surface area contributed by atoms with Crippen molar-refractivity contribution in [2.45, 2.75) is 65.0 Å². The van der Waals surface area contributed by atoms with Crippen LogP contribution in [0.4, 0.5) is 0 Å². The van der Waals surface area contributed by atoms with Gasteiger partial charge in [-0.1, -0.05) is 55.3 Å². The molecule has 1 N–H and O–H groups in total. The number of esters is 1. The molecular formula is C23H29NO3. The first kappa shape index (κ1) is 19.4. The van der Waals surface area contributed by atoms with Gasteiger partial charge in [0, 0.05) is 12.0 Å². The third-order valence-electron chi connectivity index (χ3n) is 5.25. The highest BCUT2D eigenvalue weighted by atomic mass is 16.5. The second-order valence-corrected chi connectivity index (χ2v) is 8.68. The topological polar surface area (TPSA) is 55.4 Å². The first-order valence-electron chi connectivity index (χ1n) is 9.74. The summed E-state index contributed by atoms with van der Waals surface area (Å²) in [6.45, 7) is 6.09. The summed E-state index contributed by atoms with van der Waals surface area (Å²) in [6, 6.07) is 14.1. The largest absolute Gasteiger partial charge is 0.460 e. The van der Waals surface area contributed by atoms with Crippen molar-refractivity contribution in [3.8, 4) is 0 Å². The summed E-state index contributed by atoms with van der Waals surface area (Å²) < 4.78 is 5.74. The van der Waals surface area contributed by atoms with E-state index in [0.29, 0.717) is 0 Å². The van der Waals surface area contributed by atoms with Gasteiger partial charge >= 0.3 is 5.97 Å². The molecule has 0 unspecified atom stereocenters. The summed E-state index contributed by atoms with van der Waals surface area (Å²) in [5.74, 6) is -0.316. The molecule has 0 saturated heterocycles. The molecule has 0 bridgehead atoms. The van der Waals surface area contributed by atoms with Crippen molar-refractivity contribution < 1.29 is 14.3 Å². The first-order chi connectivity index (χ1) is 12.8. The fraction of sp³-hybridized carbons (Fsp3) is 0.478. The molecule has 0 aromatic heterocycles. The molecule has 4 nitrogen and oxygen atoms in total. The zero-order valence-electron chi connectivity index (χ0n) is 16.5. The SMILES string of the molecule is CC(C)(C)NC(=O)CC1(C(=O)OCc2cccc3ccccc23)CCCC1. The van der Waals surface area contributed by atoms with E-state index < -0.39 is 5.41 Å². The van der Waals surface area contributed by atoms with Gasteiger partial charge in [0.25, 0.3) is 0 Å². The van der Waals surface area contributed by atoms with Gasteiger partial charge in [-0.05, 0) is 49.9 Å². The molecule has 1 aliphatic carbocycles. The number of hydrogen-bond acceptors (Lipinski definition) is 3. The molecule has 2 aromatic rings. The lowest BCUT2D eigenvalue weighted by Gasteiger charge is -2.28. The number of fused-ring (bicyclic) bond motifs is 1. The van der Waals surface area contributed by atoms with Crippen LogP contribution in [-0.4, -0.2) is 17.4 Å². The molecule has 3 rings (SSSR count). The Morgan fingerprint density at radius 1 is 1.04 bits per heavy atom. The fourth-order valence-corrected chi connectivity index (χ4v) is 3.99. The maximum absolute atomic E-state index is 13.0. The van der Waals surface area contributed by atoms with Crippen LogP contribution in [0.5, 0.6) is 0 Å². The van der Waals surface area contributed by atoms with Crippen LogP contribution in [0.1, 0.15) is 58.4 Å². The number of carbonyl (C=O) groups is 2. The second-order valence-electron chi connectivity index (χ2n) is 8.68. The molecule has 1 fully saturated rings. The molecule has 2 aromatic carbocycles. The Hall–Kier alpha value is -2.36. The van der Waals surface area contributed by atoms with Gasteiger partial charge in [0.15, 0.2) is 0 Å². The van der Waals surface area contributed by atoms with Gasteiger partial charge in [-0.15, -0.1) is 0 Å². The number of amides is 1. The standard InChI is InChI=1S/C23H29NO3/c1-22(2,3)24-20(25)15-23(13-6-7-14-23)21(26)27-16-18-11-8-10-17-9-4-5-12-19(17)18/h4-5,8-12H,6-7,13-16H2,1-3H3,(H,24,25). The zero-order chi connectivity index (χ0) is 19.5. The van der Waals surface area contributed by atoms with Crippen molar-refractivity contribution in [3.05, 3.63) is 48.0 Å². The van der Waals surface area contributed by atoms with E-state index in [2.05, 4.69) is 17.4 Å². The summed E-state index contributed by atoms with van der Waals surface area (Å²) in [6.07, 6.45) is 3.58. The molecular weight excluding hydrogens is 338 g/mol. The molecule has 27 heavy (non-hydrogen) atoms. The lowest BCUT2D eigenvalue weighted by molar-refractivity contribution is -0.159. The minimum atomic E-state index is -0.681. The van der Waals surface area contributed by atoms with Crippen LogP contribution in [-0.2, 0) is 20.9 Å². The Bertz CT molecular complexity index is 824. The van der Waals surface area contributed by atoms with Crippen molar-refractivity contribution in [1.29, 1.82) is 0 Å². The van der Waals surface area contributed by atoms with Gasteiger partial charge in [-0.25, -0.2) is 0 Å². The molecule has 0 atom stereocenters. The van der Waals surface area contributed by atoms with Crippen LogP contribution in [0.3, 0.4) is 0 Å². The fourth-order valence-electron chi connectivity index (χ4n) is 3.99. The van der Waals surface area contributed by atoms with Crippen molar-refractivity contribution in [2.24, 2.45) is 5.41 Å². The van der Waals surface area contributed by atoms with Gasteiger partial charge in [0.1, 0.15) is 6.61 Å². The van der Waals surface area contributed by atoms with Gasteiger partial charge in [0.05, 0.1) is 5.41 Å². The smallest absolute Gasteiger partial charge is 0.312 e. The summed E-state index contributed by atoms with van der Waals surface area (Å²) in [5, 5.41) is 5.20. The second kappa shape index (κ2) is 7.71. The van der Waals surface area contributed by atoms with Crippen molar-refractivity contribution >= 4 is 22.6 Å². The predicted octanol–water partition coefficient (Wildman–Crippen LogP) is 4.75. The van der Waals surface area contributed by atoms with E-state index >= 15 is 0 Å². The van der Waals surface area contributed by atoms with Gasteiger partial charge in [0.2, 0.25) is 5.91 Å². The van der Waals surface area contributed by atoms with Crippen LogP contribution in [0, 0.1) is 5.41 Å². The number of benzene rings is 2. The van der Waals surface area contributed by atoms with Crippen molar-refractivity contribution in [3.63, 3.8) is 0 Å². The lowest BCUT2D eigenvalue weighted by atomic mass is 9.82. The third-order valence-corrected chi connectivity index (χ3v) is 5.25. The van der Waals surface area contributed by atoms with Gasteiger partial charge in [-0.2, -0.15) is 0 Å². The normalized spacial score (nSPS) is 16.3. The minimum absolute atomic E-state index is 0.0773. The Balaban J connectivity index is 1.71. The average Bonchev–Trinajstić information content (AvgIpc) is 3.07. The first-order valence-corrected chi connectivity index (χ1v) is 9.74. The summed E-state index contributed by atoms with van der Waals surface area (Å²) >= 11 is 0. The van der Waals surface area contributed by atoms with Crippen LogP contribution in [0.2, 0.25) is 0 Å². The number of ether oxygens (including phenoxy) is 1. The lowest BCUT2D eigenvalue weighted by Crippen LogP contribution is -2.44. The Morgan fingerprint density at radius 2 is 1.70 bits per heavy atom. The van der Waals surface area contributed by atoms with Crippen LogP contribution in [0.15, 0.2) is 42.5 Å². The summed E-state index contributed by atoms with van der Waals surface area (Å²) in [7, 11) is 0. The number of carbonyl (C=O) groups excluding carboxylic acids is 2. The highest BCUT2D eigenvalue weighted by Gasteiger charge is 2.44. The summed E-state index contributed by atoms with van der Waals surface area (Å²) in [4.78, 5) is 25.4. The van der Waals surface area contributed by atoms with Crippen molar-refractivity contribution in [2.75, 3.05) is 0 Å². The molecule has 0 aliphatic heterocycles. The highest BCUT2D eigenvalue weighted by Crippen LogP contribution is 2.42. The molecule has 0 heterocycles. The monoisotopic (exact) mass is 367 g/mol. The average molecular weight is 367 g/mol. The number of rotatable bonds is 5. The molecule has 1 saturated carbocycles. The van der Waals surface area contributed by atoms with Gasteiger partial charge < -0.3 is 10.1 Å². The molecule has 1 aliphatic rings. The Kier molecular flexibility index (Phi) is 5.54. The van der Waals surface area contributed by atoms with E-state index in [1.54, 1.807) is 0 Å². The van der Waals surface area contributed by atoms with Crippen LogP contribution >= 0.6 is 0 Å². The minimum Gasteiger partial charge on any atom is -0.460 e. The molecule has 0 spiro atoms. The quantitative estimate of drug-likeness (QED) is 0.776. The Labute approximate surface area is 161 Å². The van der Waals surface area contributed by atoms with Crippen LogP contribution in [0.25, 0.3) is 10.8 Å². The highest BCUT2D eigenvalue weighted by molar-refractivity contribution is 5.87. The van der Waals surface area contributed by atoms with E-state index in [1.165, 1.54) is 0 Å². The number of nitrogens with one attached hydrogen (secondary N) is 1. The van der Waals surface area contributed by atoms with E-state index in [1.807, 2.05) is 51.1 Å². The maximum atomic E-state index is 13.0. The van der Waals surface area contributed by atoms with E-state index in [4.69, 9.17) is 4.74 Å². The van der Waals surface area contributed by atoms with Crippen molar-refractivity contribution in [1.82, 2.24) is 5.32 Å². The third kappa shape index (κ3) is 4.68.